The van der Waals surface area contributed by atoms with Crippen molar-refractivity contribution < 1.29 is 13.6 Å². The van der Waals surface area contributed by atoms with Gasteiger partial charge in [-0.1, -0.05) is 11.8 Å². The Hall–Kier alpha value is -2.09. The van der Waals surface area contributed by atoms with Crippen LogP contribution in [0.4, 0.5) is 20.3 Å². The number of carbonyl (C=O) groups is 1. The topological polar surface area (TPSA) is 69.8 Å². The third kappa shape index (κ3) is 3.22. The van der Waals surface area contributed by atoms with Crippen molar-refractivity contribution in [1.29, 1.82) is 0 Å². The quantitative estimate of drug-likeness (QED) is 0.755. The van der Waals surface area contributed by atoms with Gasteiger partial charge in [0.1, 0.15) is 5.69 Å². The van der Waals surface area contributed by atoms with E-state index in [4.69, 9.17) is 0 Å². The van der Waals surface area contributed by atoms with Gasteiger partial charge in [-0.25, -0.2) is 0 Å². The fraction of sp³-hybridized carbons (Fsp3) is 0.286. The van der Waals surface area contributed by atoms with E-state index in [1.54, 1.807) is 24.3 Å². The summed E-state index contributed by atoms with van der Waals surface area (Å²) in [5.41, 5.74) is 1.87. The predicted octanol–water partition coefficient (Wildman–Crippen LogP) is 3.33. The van der Waals surface area contributed by atoms with Crippen LogP contribution in [0.5, 0.6) is 0 Å². The lowest BCUT2D eigenvalue weighted by Gasteiger charge is -2.13. The molecule has 3 N–H and O–H groups in total. The number of nitrogens with one attached hydrogen (secondary N) is 3. The van der Waals surface area contributed by atoms with Crippen molar-refractivity contribution in [1.82, 2.24) is 10.2 Å². The number of aromatic nitrogens is 2. The summed E-state index contributed by atoms with van der Waals surface area (Å²) >= 11 is 0.472. The molecular weight excluding hydrogens is 310 g/mol. The molecule has 0 aliphatic carbocycles. The van der Waals surface area contributed by atoms with E-state index in [9.17, 15) is 13.6 Å². The van der Waals surface area contributed by atoms with Gasteiger partial charge in [0.05, 0.1) is 0 Å². The Morgan fingerprint density at radius 3 is 2.82 bits per heavy atom. The van der Waals surface area contributed by atoms with E-state index in [2.05, 4.69) is 20.8 Å². The maximum Gasteiger partial charge on any atom is 0.288 e. The van der Waals surface area contributed by atoms with Gasteiger partial charge in [0.15, 0.2) is 5.82 Å². The summed E-state index contributed by atoms with van der Waals surface area (Å²) in [5.74, 6) is -2.02. The van der Waals surface area contributed by atoms with Crippen LogP contribution in [0.15, 0.2) is 29.2 Å². The van der Waals surface area contributed by atoms with Gasteiger partial charge < -0.3 is 10.6 Å². The maximum absolute atomic E-state index is 12.3. The van der Waals surface area contributed by atoms with Gasteiger partial charge in [-0.15, -0.1) is 0 Å². The molecule has 5 nitrogen and oxygen atoms in total. The highest BCUT2D eigenvalue weighted by atomic mass is 32.2. The van der Waals surface area contributed by atoms with Gasteiger partial charge in [0, 0.05) is 22.7 Å². The highest BCUT2D eigenvalue weighted by Gasteiger charge is 2.21. The molecule has 1 aliphatic rings. The number of aromatic amines is 1. The molecule has 3 rings (SSSR count). The number of halogens is 2. The highest BCUT2D eigenvalue weighted by molar-refractivity contribution is 7.99. The number of anilines is 2. The standard InChI is InChI=1S/C14H14F2N4OS/c15-14(16)22-9-5-3-8(4-6-9)18-13(21)11-10-2-1-7-17-12(10)20-19-11/h3-6,14H,1-2,7H2,(H,18,21)(H2,17,19,20). The number of amides is 1. The largest absolute Gasteiger partial charge is 0.368 e. The first-order valence-electron chi connectivity index (χ1n) is 6.81. The predicted molar refractivity (Wildman–Crippen MR) is 81.7 cm³/mol. The summed E-state index contributed by atoms with van der Waals surface area (Å²) in [5, 5.41) is 12.7. The van der Waals surface area contributed by atoms with E-state index in [-0.39, 0.29) is 5.91 Å². The van der Waals surface area contributed by atoms with Crippen LogP contribution in [0.1, 0.15) is 22.5 Å². The number of hydrogen-bond donors (Lipinski definition) is 3. The van der Waals surface area contributed by atoms with Crippen molar-refractivity contribution in [2.45, 2.75) is 23.5 Å². The van der Waals surface area contributed by atoms with Crippen LogP contribution in [0.2, 0.25) is 0 Å². The van der Waals surface area contributed by atoms with Gasteiger partial charge in [-0.3, -0.25) is 9.89 Å². The molecule has 0 bridgehead atoms. The zero-order chi connectivity index (χ0) is 15.5. The van der Waals surface area contributed by atoms with Crippen molar-refractivity contribution in [2.75, 3.05) is 17.2 Å². The lowest BCUT2D eigenvalue weighted by Crippen LogP contribution is -2.17. The lowest BCUT2D eigenvalue weighted by molar-refractivity contribution is 0.102. The third-order valence-corrected chi connectivity index (χ3v) is 4.05. The Morgan fingerprint density at radius 2 is 2.09 bits per heavy atom. The van der Waals surface area contributed by atoms with Gasteiger partial charge in [-0.05, 0) is 37.1 Å². The molecule has 8 heteroatoms. The zero-order valence-electron chi connectivity index (χ0n) is 11.5. The van der Waals surface area contributed by atoms with Crippen molar-refractivity contribution in [2.24, 2.45) is 0 Å². The molecule has 0 saturated carbocycles. The molecule has 0 unspecified atom stereocenters. The van der Waals surface area contributed by atoms with Crippen LogP contribution in [-0.4, -0.2) is 28.4 Å². The molecule has 0 spiro atoms. The Kier molecular flexibility index (Phi) is 4.28. The normalized spacial score (nSPS) is 13.6. The molecule has 1 aromatic heterocycles. The summed E-state index contributed by atoms with van der Waals surface area (Å²) in [7, 11) is 0. The van der Waals surface area contributed by atoms with Gasteiger partial charge >= 0.3 is 0 Å². The van der Waals surface area contributed by atoms with Gasteiger partial charge in [0.2, 0.25) is 0 Å². The second-order valence-corrected chi connectivity index (χ2v) is 5.88. The number of H-pyrrole nitrogens is 1. The van der Waals surface area contributed by atoms with E-state index >= 15 is 0 Å². The SMILES string of the molecule is O=C(Nc1ccc(SC(F)F)cc1)c1[nH]nc2c1CCCN2. The van der Waals surface area contributed by atoms with E-state index in [1.165, 1.54) is 0 Å². The number of alkyl halides is 2. The molecule has 0 fully saturated rings. The minimum Gasteiger partial charge on any atom is -0.368 e. The fourth-order valence-corrected chi connectivity index (χ4v) is 2.83. The zero-order valence-corrected chi connectivity index (χ0v) is 12.3. The first kappa shape index (κ1) is 14.8. The van der Waals surface area contributed by atoms with E-state index in [0.717, 1.165) is 30.8 Å². The van der Waals surface area contributed by atoms with Crippen LogP contribution in [0.3, 0.4) is 0 Å². The number of fused-ring (bicyclic) bond motifs is 1. The van der Waals surface area contributed by atoms with Crippen molar-refractivity contribution in [3.8, 4) is 0 Å². The van der Waals surface area contributed by atoms with Crippen LogP contribution in [0, 0.1) is 0 Å². The molecule has 22 heavy (non-hydrogen) atoms. The van der Waals surface area contributed by atoms with Crippen LogP contribution in [0.25, 0.3) is 0 Å². The Morgan fingerprint density at radius 1 is 1.32 bits per heavy atom. The second kappa shape index (κ2) is 6.35. The first-order valence-corrected chi connectivity index (χ1v) is 7.69. The Balaban J connectivity index is 1.70. The average Bonchev–Trinajstić information content (AvgIpc) is 2.93. The molecule has 2 aromatic rings. The molecule has 0 radical (unpaired) electrons. The molecule has 1 amide bonds. The van der Waals surface area contributed by atoms with E-state index in [1.807, 2.05) is 0 Å². The minimum absolute atomic E-state index is 0.285. The summed E-state index contributed by atoms with van der Waals surface area (Å²) in [6, 6.07) is 6.31. The highest BCUT2D eigenvalue weighted by Crippen LogP contribution is 2.27. The van der Waals surface area contributed by atoms with Crippen LogP contribution < -0.4 is 10.6 Å². The average molecular weight is 324 g/mol. The van der Waals surface area contributed by atoms with Crippen molar-refractivity contribution in [3.05, 3.63) is 35.5 Å². The second-order valence-electron chi connectivity index (χ2n) is 4.81. The third-order valence-electron chi connectivity index (χ3n) is 3.33. The number of hydrogen-bond acceptors (Lipinski definition) is 4. The molecule has 0 atom stereocenters. The fourth-order valence-electron chi connectivity index (χ4n) is 2.33. The Bertz CT molecular complexity index is 672. The number of carbonyl (C=O) groups excluding carboxylic acids is 1. The molecular formula is C14H14F2N4OS. The minimum atomic E-state index is -2.45. The van der Waals surface area contributed by atoms with Crippen LogP contribution in [-0.2, 0) is 6.42 Å². The molecule has 1 aliphatic heterocycles. The number of thioether (sulfide) groups is 1. The number of nitrogens with zero attached hydrogens (tertiary/aromatic N) is 1. The molecule has 116 valence electrons. The summed E-state index contributed by atoms with van der Waals surface area (Å²) in [6.45, 7) is 0.849. The Labute approximate surface area is 129 Å². The van der Waals surface area contributed by atoms with E-state index in [0.29, 0.717) is 28.0 Å². The molecule has 1 aromatic carbocycles. The summed E-state index contributed by atoms with van der Waals surface area (Å²) < 4.78 is 24.5. The smallest absolute Gasteiger partial charge is 0.288 e. The van der Waals surface area contributed by atoms with Crippen LogP contribution >= 0.6 is 11.8 Å². The number of benzene rings is 1. The van der Waals surface area contributed by atoms with Crippen molar-refractivity contribution in [3.63, 3.8) is 0 Å². The van der Waals surface area contributed by atoms with Crippen molar-refractivity contribution >= 4 is 29.2 Å². The monoisotopic (exact) mass is 324 g/mol. The van der Waals surface area contributed by atoms with E-state index < -0.39 is 5.76 Å². The first-order chi connectivity index (χ1) is 10.6. The number of rotatable bonds is 4. The summed E-state index contributed by atoms with van der Waals surface area (Å²) in [6.07, 6.45) is 1.75. The summed E-state index contributed by atoms with van der Waals surface area (Å²) in [4.78, 5) is 12.7. The molecule has 2 heterocycles. The van der Waals surface area contributed by atoms with Gasteiger partial charge in [0.25, 0.3) is 11.7 Å². The molecule has 0 saturated heterocycles. The lowest BCUT2D eigenvalue weighted by atomic mass is 10.1. The van der Waals surface area contributed by atoms with Gasteiger partial charge in [-0.2, -0.15) is 13.9 Å². The maximum atomic E-state index is 12.3.